The van der Waals surface area contributed by atoms with Crippen LogP contribution in [0, 0.1) is 0 Å². The van der Waals surface area contributed by atoms with E-state index in [-0.39, 0.29) is 12.5 Å². The van der Waals surface area contributed by atoms with Gasteiger partial charge in [-0.1, -0.05) is 19.1 Å². The van der Waals surface area contributed by atoms with Gasteiger partial charge in [-0.15, -0.1) is 0 Å². The molecule has 0 aliphatic carbocycles. The molecule has 1 amide bonds. The normalized spacial score (nSPS) is 12.1. The lowest BCUT2D eigenvalue weighted by molar-refractivity contribution is 0.0901. The Morgan fingerprint density at radius 1 is 1.32 bits per heavy atom. The van der Waals surface area contributed by atoms with Crippen molar-refractivity contribution >= 4 is 5.91 Å². The molecule has 2 rings (SSSR count). The third-order valence-electron chi connectivity index (χ3n) is 2.95. The molecule has 1 atom stereocenters. The number of carbonyl (C=O) groups is 1. The summed E-state index contributed by atoms with van der Waals surface area (Å²) in [5.74, 6) is 0.245. The highest BCUT2D eigenvalue weighted by Crippen LogP contribution is 2.12. The van der Waals surface area contributed by atoms with E-state index < -0.39 is 6.10 Å². The van der Waals surface area contributed by atoms with Gasteiger partial charge in [0.25, 0.3) is 5.91 Å². The smallest absolute Gasteiger partial charge is 0.251 e. The lowest BCUT2D eigenvalue weighted by atomic mass is 10.1. The van der Waals surface area contributed by atoms with Crippen LogP contribution in [0.5, 0.6) is 0 Å². The number of furan rings is 1. The van der Waals surface area contributed by atoms with Gasteiger partial charge < -0.3 is 14.8 Å². The minimum Gasteiger partial charge on any atom is -0.467 e. The fourth-order valence-corrected chi connectivity index (χ4v) is 1.76. The summed E-state index contributed by atoms with van der Waals surface area (Å²) in [6, 6.07) is 10.8. The molecule has 4 heteroatoms. The molecule has 1 heterocycles. The maximum absolute atomic E-state index is 11.9. The van der Waals surface area contributed by atoms with Gasteiger partial charge in [-0.25, -0.2) is 0 Å². The molecule has 100 valence electrons. The van der Waals surface area contributed by atoms with Crippen LogP contribution in [0.25, 0.3) is 0 Å². The van der Waals surface area contributed by atoms with Crippen molar-refractivity contribution in [1.82, 2.24) is 5.32 Å². The number of hydrogen-bond acceptors (Lipinski definition) is 3. The Balaban J connectivity index is 1.90. The van der Waals surface area contributed by atoms with E-state index in [0.717, 1.165) is 6.42 Å². The van der Waals surface area contributed by atoms with Crippen molar-refractivity contribution < 1.29 is 14.3 Å². The van der Waals surface area contributed by atoms with Crippen LogP contribution in [0.4, 0.5) is 0 Å². The SMILES string of the molecule is CCc1ccc(C(=O)NCC(O)c2ccco2)cc1. The zero-order valence-electron chi connectivity index (χ0n) is 10.8. The van der Waals surface area contributed by atoms with Crippen molar-refractivity contribution in [3.05, 3.63) is 59.5 Å². The predicted octanol–water partition coefficient (Wildman–Crippen LogP) is 2.31. The largest absolute Gasteiger partial charge is 0.467 e. The molecule has 2 aromatic rings. The molecule has 0 spiro atoms. The van der Waals surface area contributed by atoms with Gasteiger partial charge in [0.05, 0.1) is 12.8 Å². The molecular weight excluding hydrogens is 242 g/mol. The third-order valence-corrected chi connectivity index (χ3v) is 2.95. The highest BCUT2D eigenvalue weighted by Gasteiger charge is 2.12. The predicted molar refractivity (Wildman–Crippen MR) is 71.8 cm³/mol. The lowest BCUT2D eigenvalue weighted by Gasteiger charge is -2.09. The van der Waals surface area contributed by atoms with E-state index in [9.17, 15) is 9.90 Å². The van der Waals surface area contributed by atoms with Crippen molar-refractivity contribution in [1.29, 1.82) is 0 Å². The fourth-order valence-electron chi connectivity index (χ4n) is 1.76. The molecule has 0 saturated heterocycles. The second-order valence-corrected chi connectivity index (χ2v) is 4.29. The molecule has 0 radical (unpaired) electrons. The Morgan fingerprint density at radius 3 is 2.63 bits per heavy atom. The first-order chi connectivity index (χ1) is 9.20. The van der Waals surface area contributed by atoms with E-state index in [0.29, 0.717) is 11.3 Å². The first-order valence-electron chi connectivity index (χ1n) is 6.29. The molecule has 0 fully saturated rings. The average molecular weight is 259 g/mol. The number of amides is 1. The Bertz CT molecular complexity index is 517. The minimum absolute atomic E-state index is 0.127. The van der Waals surface area contributed by atoms with Gasteiger partial charge >= 0.3 is 0 Å². The summed E-state index contributed by atoms with van der Waals surface area (Å²) < 4.78 is 5.06. The van der Waals surface area contributed by atoms with Gasteiger partial charge in [-0.05, 0) is 36.2 Å². The number of aliphatic hydroxyl groups is 1. The van der Waals surface area contributed by atoms with Gasteiger partial charge in [0.2, 0.25) is 0 Å². The second kappa shape index (κ2) is 6.20. The monoisotopic (exact) mass is 259 g/mol. The van der Waals surface area contributed by atoms with Crippen molar-refractivity contribution in [3.63, 3.8) is 0 Å². The van der Waals surface area contributed by atoms with E-state index in [4.69, 9.17) is 4.42 Å². The maximum Gasteiger partial charge on any atom is 0.251 e. The van der Waals surface area contributed by atoms with Gasteiger partial charge in [0, 0.05) is 5.56 Å². The summed E-state index contributed by atoms with van der Waals surface area (Å²) in [5.41, 5.74) is 1.77. The minimum atomic E-state index is -0.825. The highest BCUT2D eigenvalue weighted by molar-refractivity contribution is 5.94. The molecular formula is C15H17NO3. The third kappa shape index (κ3) is 3.45. The van der Waals surface area contributed by atoms with Gasteiger partial charge in [-0.3, -0.25) is 4.79 Å². The average Bonchev–Trinajstić information content (AvgIpc) is 2.98. The van der Waals surface area contributed by atoms with Crippen molar-refractivity contribution in [2.24, 2.45) is 0 Å². The van der Waals surface area contributed by atoms with Gasteiger partial charge in [0.1, 0.15) is 11.9 Å². The number of benzene rings is 1. The van der Waals surface area contributed by atoms with E-state index in [1.165, 1.54) is 11.8 Å². The Morgan fingerprint density at radius 2 is 2.05 bits per heavy atom. The number of hydrogen-bond donors (Lipinski definition) is 2. The van der Waals surface area contributed by atoms with Crippen LogP contribution in [-0.4, -0.2) is 17.6 Å². The molecule has 0 aliphatic rings. The van der Waals surface area contributed by atoms with Crippen LogP contribution in [-0.2, 0) is 6.42 Å². The molecule has 0 aliphatic heterocycles. The van der Waals surface area contributed by atoms with Gasteiger partial charge in [0.15, 0.2) is 0 Å². The van der Waals surface area contributed by atoms with Gasteiger partial charge in [-0.2, -0.15) is 0 Å². The molecule has 1 aromatic carbocycles. The number of aryl methyl sites for hydroxylation is 1. The van der Waals surface area contributed by atoms with Crippen molar-refractivity contribution in [3.8, 4) is 0 Å². The van der Waals surface area contributed by atoms with Crippen LogP contribution in [0.1, 0.15) is 34.7 Å². The first-order valence-corrected chi connectivity index (χ1v) is 6.29. The van der Waals surface area contributed by atoms with Crippen molar-refractivity contribution in [2.45, 2.75) is 19.4 Å². The number of nitrogens with one attached hydrogen (secondary N) is 1. The Labute approximate surface area is 112 Å². The number of rotatable bonds is 5. The van der Waals surface area contributed by atoms with E-state index in [1.807, 2.05) is 12.1 Å². The molecule has 1 unspecified atom stereocenters. The van der Waals surface area contributed by atoms with Crippen LogP contribution < -0.4 is 5.32 Å². The molecule has 1 aromatic heterocycles. The maximum atomic E-state index is 11.9. The second-order valence-electron chi connectivity index (χ2n) is 4.29. The summed E-state index contributed by atoms with van der Waals surface area (Å²) in [5, 5.41) is 12.5. The Kier molecular flexibility index (Phi) is 4.36. The van der Waals surface area contributed by atoms with Crippen molar-refractivity contribution in [2.75, 3.05) is 6.54 Å². The fraction of sp³-hybridized carbons (Fsp3) is 0.267. The van der Waals surface area contributed by atoms with Crippen LogP contribution >= 0.6 is 0 Å². The summed E-state index contributed by atoms with van der Waals surface area (Å²) >= 11 is 0. The summed E-state index contributed by atoms with van der Waals surface area (Å²) in [4.78, 5) is 11.9. The van der Waals surface area contributed by atoms with E-state index in [2.05, 4.69) is 12.2 Å². The molecule has 0 saturated carbocycles. The molecule has 4 nitrogen and oxygen atoms in total. The number of carbonyl (C=O) groups excluding carboxylic acids is 1. The highest BCUT2D eigenvalue weighted by atomic mass is 16.4. The molecule has 19 heavy (non-hydrogen) atoms. The van der Waals surface area contributed by atoms with Crippen LogP contribution in [0.3, 0.4) is 0 Å². The molecule has 2 N–H and O–H groups in total. The molecule has 0 bridgehead atoms. The number of aliphatic hydroxyl groups excluding tert-OH is 1. The van der Waals surface area contributed by atoms with Crippen LogP contribution in [0.2, 0.25) is 0 Å². The topological polar surface area (TPSA) is 62.5 Å². The standard InChI is InChI=1S/C15H17NO3/c1-2-11-5-7-12(8-6-11)15(18)16-10-13(17)14-4-3-9-19-14/h3-9,13,17H,2,10H2,1H3,(H,16,18). The van der Waals surface area contributed by atoms with E-state index in [1.54, 1.807) is 24.3 Å². The Hall–Kier alpha value is -2.07. The summed E-state index contributed by atoms with van der Waals surface area (Å²) in [7, 11) is 0. The quantitative estimate of drug-likeness (QED) is 0.866. The first kappa shape index (κ1) is 13.4. The summed E-state index contributed by atoms with van der Waals surface area (Å²) in [6.45, 7) is 2.19. The lowest BCUT2D eigenvalue weighted by Crippen LogP contribution is -2.28. The van der Waals surface area contributed by atoms with E-state index >= 15 is 0 Å². The zero-order chi connectivity index (χ0) is 13.7. The zero-order valence-corrected chi connectivity index (χ0v) is 10.8. The van der Waals surface area contributed by atoms with Crippen LogP contribution in [0.15, 0.2) is 47.1 Å². The summed E-state index contributed by atoms with van der Waals surface area (Å²) in [6.07, 6.45) is 1.61.